The number of halogens is 1. The van der Waals surface area contributed by atoms with E-state index in [2.05, 4.69) is 9.88 Å². The van der Waals surface area contributed by atoms with Crippen molar-refractivity contribution in [3.05, 3.63) is 16.1 Å². The molecule has 2 heterocycles. The van der Waals surface area contributed by atoms with Crippen molar-refractivity contribution in [3.63, 3.8) is 0 Å². The van der Waals surface area contributed by atoms with Crippen molar-refractivity contribution >= 4 is 39.9 Å². The molecule has 0 unspecified atom stereocenters. The monoisotopic (exact) mass is 256 g/mol. The molecule has 0 bridgehead atoms. The summed E-state index contributed by atoms with van der Waals surface area (Å²) in [4.78, 5) is 18.3. The third-order valence-electron chi connectivity index (χ3n) is 2.44. The molecule has 0 radical (unpaired) electrons. The number of hydrogen-bond donors (Lipinski definition) is 0. The van der Waals surface area contributed by atoms with Gasteiger partial charge in [-0.1, -0.05) is 22.9 Å². The molecule has 1 fully saturated rings. The maximum absolute atomic E-state index is 10.8. The molecule has 86 valence electrons. The number of thiazole rings is 1. The van der Waals surface area contributed by atoms with Crippen LogP contribution in [0.3, 0.4) is 0 Å². The molecule has 16 heavy (non-hydrogen) atoms. The first-order chi connectivity index (χ1) is 7.66. The van der Waals surface area contributed by atoms with Gasteiger partial charge in [-0.3, -0.25) is 4.79 Å². The molecule has 5 heteroatoms. The van der Waals surface area contributed by atoms with Gasteiger partial charge in [-0.2, -0.15) is 0 Å². The molecule has 1 aliphatic rings. The molecule has 0 saturated carbocycles. The first kappa shape index (κ1) is 11.6. The highest BCUT2D eigenvalue weighted by atomic mass is 35.5. The summed E-state index contributed by atoms with van der Waals surface area (Å²) in [6.07, 6.45) is 5.70. The number of anilines is 1. The Morgan fingerprint density at radius 3 is 2.81 bits per heavy atom. The molecular formula is C11H13ClN2OS. The highest BCUT2D eigenvalue weighted by Crippen LogP contribution is 2.32. The second-order valence-electron chi connectivity index (χ2n) is 3.79. The van der Waals surface area contributed by atoms with Gasteiger partial charge in [0.1, 0.15) is 5.15 Å². The number of nitrogens with zero attached hydrogens (tertiary/aromatic N) is 2. The minimum Gasteiger partial charge on any atom is -0.348 e. The minimum absolute atomic E-state index is 0.0205. The Bertz CT molecular complexity index is 422. The molecule has 1 aliphatic heterocycles. The van der Waals surface area contributed by atoms with Gasteiger partial charge in [0.2, 0.25) is 0 Å². The highest BCUT2D eigenvalue weighted by molar-refractivity contribution is 7.17. The van der Waals surface area contributed by atoms with Gasteiger partial charge < -0.3 is 4.90 Å². The number of aromatic nitrogens is 1. The fourth-order valence-corrected chi connectivity index (χ4v) is 2.86. The van der Waals surface area contributed by atoms with Gasteiger partial charge >= 0.3 is 0 Å². The molecule has 0 spiro atoms. The Morgan fingerprint density at radius 1 is 1.50 bits per heavy atom. The fourth-order valence-electron chi connectivity index (χ4n) is 1.64. The quantitative estimate of drug-likeness (QED) is 0.780. The zero-order chi connectivity index (χ0) is 11.5. The SMILES string of the molecule is CC(=O)C=Cc1sc(N2CCCC2)nc1Cl. The van der Waals surface area contributed by atoms with Gasteiger partial charge in [-0.05, 0) is 31.9 Å². The Morgan fingerprint density at radius 2 is 2.19 bits per heavy atom. The Kier molecular flexibility index (Phi) is 3.61. The topological polar surface area (TPSA) is 33.2 Å². The van der Waals surface area contributed by atoms with Gasteiger partial charge in [0.25, 0.3) is 0 Å². The maximum atomic E-state index is 10.8. The van der Waals surface area contributed by atoms with Crippen molar-refractivity contribution in [1.82, 2.24) is 4.98 Å². The summed E-state index contributed by atoms with van der Waals surface area (Å²) in [5.41, 5.74) is 0. The number of hydrogen-bond acceptors (Lipinski definition) is 4. The summed E-state index contributed by atoms with van der Waals surface area (Å²) in [7, 11) is 0. The molecule has 1 aromatic heterocycles. The first-order valence-electron chi connectivity index (χ1n) is 5.27. The number of carbonyl (C=O) groups excluding carboxylic acids is 1. The van der Waals surface area contributed by atoms with Crippen LogP contribution in [0.25, 0.3) is 6.08 Å². The van der Waals surface area contributed by atoms with E-state index < -0.39 is 0 Å². The van der Waals surface area contributed by atoms with Crippen LogP contribution in [0.2, 0.25) is 5.15 Å². The lowest BCUT2D eigenvalue weighted by Gasteiger charge is -2.11. The largest absolute Gasteiger partial charge is 0.348 e. The van der Waals surface area contributed by atoms with Crippen molar-refractivity contribution in [2.45, 2.75) is 19.8 Å². The van der Waals surface area contributed by atoms with E-state index in [1.807, 2.05) is 0 Å². The van der Waals surface area contributed by atoms with Crippen molar-refractivity contribution in [2.75, 3.05) is 18.0 Å². The molecule has 3 nitrogen and oxygen atoms in total. The van der Waals surface area contributed by atoms with E-state index in [1.54, 1.807) is 17.4 Å². The first-order valence-corrected chi connectivity index (χ1v) is 6.46. The summed E-state index contributed by atoms with van der Waals surface area (Å²) in [6, 6.07) is 0. The van der Waals surface area contributed by atoms with E-state index in [4.69, 9.17) is 11.6 Å². The molecule has 0 aromatic carbocycles. The standard InChI is InChI=1S/C11H13ClN2OS/c1-8(15)4-5-9-10(12)13-11(16-9)14-6-2-3-7-14/h4-5H,2-3,6-7H2,1H3. The van der Waals surface area contributed by atoms with Crippen LogP contribution in [0.5, 0.6) is 0 Å². The summed E-state index contributed by atoms with van der Waals surface area (Å²) in [6.45, 7) is 3.63. The van der Waals surface area contributed by atoms with E-state index in [9.17, 15) is 4.79 Å². The average molecular weight is 257 g/mol. The van der Waals surface area contributed by atoms with E-state index in [0.29, 0.717) is 5.15 Å². The van der Waals surface area contributed by atoms with Gasteiger partial charge in [0.05, 0.1) is 4.88 Å². The van der Waals surface area contributed by atoms with Crippen LogP contribution in [0.1, 0.15) is 24.6 Å². The Labute approximate surface area is 104 Å². The van der Waals surface area contributed by atoms with Crippen LogP contribution in [-0.4, -0.2) is 23.9 Å². The lowest BCUT2D eigenvalue weighted by molar-refractivity contribution is -0.112. The Hall–Kier alpha value is -0.870. The molecule has 0 aliphatic carbocycles. The molecule has 0 atom stereocenters. The molecular weight excluding hydrogens is 244 g/mol. The third kappa shape index (κ3) is 2.62. The van der Waals surface area contributed by atoms with Crippen molar-refractivity contribution in [2.24, 2.45) is 0 Å². The second kappa shape index (κ2) is 4.97. The van der Waals surface area contributed by atoms with Gasteiger partial charge in [0, 0.05) is 13.1 Å². The zero-order valence-corrected chi connectivity index (χ0v) is 10.6. The third-order valence-corrected chi connectivity index (χ3v) is 3.93. The predicted molar refractivity (Wildman–Crippen MR) is 68.3 cm³/mol. The smallest absolute Gasteiger partial charge is 0.187 e. The molecule has 2 rings (SSSR count). The van der Waals surface area contributed by atoms with Gasteiger partial charge in [-0.25, -0.2) is 4.98 Å². The summed E-state index contributed by atoms with van der Waals surface area (Å²) in [5.74, 6) is 0.0205. The highest BCUT2D eigenvalue weighted by Gasteiger charge is 2.17. The number of rotatable bonds is 3. The van der Waals surface area contributed by atoms with E-state index in [-0.39, 0.29) is 5.78 Å². The van der Waals surface area contributed by atoms with Crippen LogP contribution < -0.4 is 4.90 Å². The fraction of sp³-hybridized carbons (Fsp3) is 0.455. The maximum Gasteiger partial charge on any atom is 0.187 e. The van der Waals surface area contributed by atoms with Crippen LogP contribution >= 0.6 is 22.9 Å². The second-order valence-corrected chi connectivity index (χ2v) is 5.16. The van der Waals surface area contributed by atoms with E-state index in [0.717, 1.165) is 23.1 Å². The normalized spacial score (nSPS) is 16.2. The van der Waals surface area contributed by atoms with Crippen molar-refractivity contribution in [1.29, 1.82) is 0 Å². The lowest BCUT2D eigenvalue weighted by atomic mass is 10.4. The molecule has 1 saturated heterocycles. The summed E-state index contributed by atoms with van der Waals surface area (Å²) in [5, 5.41) is 1.45. The van der Waals surface area contributed by atoms with Crippen LogP contribution in [0.15, 0.2) is 6.08 Å². The molecule has 0 N–H and O–H groups in total. The van der Waals surface area contributed by atoms with Crippen LogP contribution in [0.4, 0.5) is 5.13 Å². The van der Waals surface area contributed by atoms with Crippen molar-refractivity contribution < 1.29 is 4.79 Å². The predicted octanol–water partition coefficient (Wildman–Crippen LogP) is 3.00. The van der Waals surface area contributed by atoms with Crippen LogP contribution in [-0.2, 0) is 4.79 Å². The zero-order valence-electron chi connectivity index (χ0n) is 9.07. The summed E-state index contributed by atoms with van der Waals surface area (Å²) >= 11 is 7.56. The number of allylic oxidation sites excluding steroid dienone is 1. The van der Waals surface area contributed by atoms with Gasteiger partial charge in [-0.15, -0.1) is 0 Å². The summed E-state index contributed by atoms with van der Waals surface area (Å²) < 4.78 is 0. The van der Waals surface area contributed by atoms with Crippen LogP contribution in [0, 0.1) is 0 Å². The number of ketones is 1. The van der Waals surface area contributed by atoms with Gasteiger partial charge in [0.15, 0.2) is 10.9 Å². The minimum atomic E-state index is 0.0205. The van der Waals surface area contributed by atoms with E-state index >= 15 is 0 Å². The van der Waals surface area contributed by atoms with E-state index in [1.165, 1.54) is 25.8 Å². The molecule has 1 aromatic rings. The van der Waals surface area contributed by atoms with Crippen molar-refractivity contribution in [3.8, 4) is 0 Å². The number of carbonyl (C=O) groups is 1. The average Bonchev–Trinajstić information content (AvgIpc) is 2.83. The molecule has 0 amide bonds. The lowest BCUT2D eigenvalue weighted by Crippen LogP contribution is -2.16. The Balaban J connectivity index is 2.17.